The van der Waals surface area contributed by atoms with Gasteiger partial charge in [0.05, 0.1) is 11.0 Å². The predicted molar refractivity (Wildman–Crippen MR) is 81.7 cm³/mol. The smallest absolute Gasteiger partial charge is 0.222 e. The minimum absolute atomic E-state index is 0.187. The summed E-state index contributed by atoms with van der Waals surface area (Å²) in [5, 5.41) is 0. The third kappa shape index (κ3) is 3.18. The van der Waals surface area contributed by atoms with Gasteiger partial charge in [0.2, 0.25) is 5.91 Å². The summed E-state index contributed by atoms with van der Waals surface area (Å²) in [6, 6.07) is 8.22. The Bertz CT molecular complexity index is 586. The van der Waals surface area contributed by atoms with Crippen LogP contribution in [0.2, 0.25) is 0 Å². The molecule has 20 heavy (non-hydrogen) atoms. The van der Waals surface area contributed by atoms with Gasteiger partial charge < -0.3 is 9.47 Å². The molecule has 0 spiro atoms. The number of carbonyl (C=O) groups is 1. The molecule has 0 fully saturated rings. The number of imidazole rings is 1. The van der Waals surface area contributed by atoms with Gasteiger partial charge in [0.15, 0.2) is 0 Å². The summed E-state index contributed by atoms with van der Waals surface area (Å²) in [7, 11) is 3.61. The second kappa shape index (κ2) is 6.55. The number of aryl methyl sites for hydroxylation is 2. The summed E-state index contributed by atoms with van der Waals surface area (Å²) in [5.74, 6) is 1.32. The average molecular weight is 273 g/mol. The van der Waals surface area contributed by atoms with E-state index in [1.165, 1.54) is 5.52 Å². The van der Waals surface area contributed by atoms with Gasteiger partial charge in [0, 0.05) is 33.5 Å². The molecule has 0 bridgehead atoms. The number of rotatable bonds is 6. The summed E-state index contributed by atoms with van der Waals surface area (Å²) in [4.78, 5) is 18.0. The van der Waals surface area contributed by atoms with Gasteiger partial charge in [-0.1, -0.05) is 19.1 Å². The number of hydrogen-bond acceptors (Lipinski definition) is 2. The standard InChI is InChI=1S/C16H23N3O/c1-4-8-15-17-13-9-5-6-10-14(13)19(15)12-7-11-16(20)18(2)3/h5-6,9-10H,4,7-8,11-12H2,1-3H3. The Balaban J connectivity index is 2.14. The third-order valence-corrected chi connectivity index (χ3v) is 3.48. The SMILES string of the molecule is CCCc1nc2ccccc2n1CCCC(=O)N(C)C. The van der Waals surface area contributed by atoms with Gasteiger partial charge in [-0.2, -0.15) is 0 Å². The van der Waals surface area contributed by atoms with Crippen LogP contribution in [-0.2, 0) is 17.8 Å². The molecule has 4 nitrogen and oxygen atoms in total. The maximum Gasteiger partial charge on any atom is 0.222 e. The molecule has 2 rings (SSSR count). The van der Waals surface area contributed by atoms with Crippen molar-refractivity contribution < 1.29 is 4.79 Å². The van der Waals surface area contributed by atoms with E-state index in [4.69, 9.17) is 4.98 Å². The first-order chi connectivity index (χ1) is 9.63. The molecule has 1 aromatic carbocycles. The van der Waals surface area contributed by atoms with E-state index in [1.807, 2.05) is 12.1 Å². The van der Waals surface area contributed by atoms with Crippen LogP contribution >= 0.6 is 0 Å². The van der Waals surface area contributed by atoms with Crippen LogP contribution in [0.25, 0.3) is 11.0 Å². The summed E-state index contributed by atoms with van der Waals surface area (Å²) >= 11 is 0. The average Bonchev–Trinajstić information content (AvgIpc) is 2.77. The Morgan fingerprint density at radius 2 is 2.05 bits per heavy atom. The van der Waals surface area contributed by atoms with Crippen molar-refractivity contribution in [2.24, 2.45) is 0 Å². The lowest BCUT2D eigenvalue weighted by Crippen LogP contribution is -2.21. The molecular weight excluding hydrogens is 250 g/mol. The van der Waals surface area contributed by atoms with Crippen molar-refractivity contribution in [2.75, 3.05) is 14.1 Å². The largest absolute Gasteiger partial charge is 0.349 e. The van der Waals surface area contributed by atoms with Crippen LogP contribution in [0.1, 0.15) is 32.0 Å². The molecule has 2 aromatic rings. The first-order valence-corrected chi connectivity index (χ1v) is 7.27. The minimum atomic E-state index is 0.187. The molecule has 0 atom stereocenters. The van der Waals surface area contributed by atoms with Gasteiger partial charge in [0.25, 0.3) is 0 Å². The second-order valence-corrected chi connectivity index (χ2v) is 5.31. The number of amides is 1. The number of carbonyl (C=O) groups excluding carboxylic acids is 1. The lowest BCUT2D eigenvalue weighted by Gasteiger charge is -2.11. The van der Waals surface area contributed by atoms with Crippen molar-refractivity contribution in [1.82, 2.24) is 14.5 Å². The van der Waals surface area contributed by atoms with E-state index in [-0.39, 0.29) is 5.91 Å². The maximum absolute atomic E-state index is 11.6. The van der Waals surface area contributed by atoms with Crippen molar-refractivity contribution in [3.05, 3.63) is 30.1 Å². The highest BCUT2D eigenvalue weighted by Gasteiger charge is 2.10. The number of hydrogen-bond donors (Lipinski definition) is 0. The second-order valence-electron chi connectivity index (χ2n) is 5.31. The van der Waals surface area contributed by atoms with Crippen molar-refractivity contribution in [3.63, 3.8) is 0 Å². The van der Waals surface area contributed by atoms with Crippen molar-refractivity contribution in [1.29, 1.82) is 0 Å². The lowest BCUT2D eigenvalue weighted by molar-refractivity contribution is -0.128. The van der Waals surface area contributed by atoms with E-state index in [9.17, 15) is 4.79 Å². The number of aromatic nitrogens is 2. The molecule has 0 aliphatic heterocycles. The molecule has 0 radical (unpaired) electrons. The van der Waals surface area contributed by atoms with Crippen molar-refractivity contribution >= 4 is 16.9 Å². The molecule has 4 heteroatoms. The van der Waals surface area contributed by atoms with Crippen LogP contribution < -0.4 is 0 Å². The van der Waals surface area contributed by atoms with E-state index in [2.05, 4.69) is 23.6 Å². The van der Waals surface area contributed by atoms with Crippen LogP contribution in [0.5, 0.6) is 0 Å². The minimum Gasteiger partial charge on any atom is -0.349 e. The first kappa shape index (κ1) is 14.6. The van der Waals surface area contributed by atoms with Gasteiger partial charge in [-0.25, -0.2) is 4.98 Å². The number of benzene rings is 1. The van der Waals surface area contributed by atoms with E-state index >= 15 is 0 Å². The molecule has 0 unspecified atom stereocenters. The van der Waals surface area contributed by atoms with Gasteiger partial charge >= 0.3 is 0 Å². The van der Waals surface area contributed by atoms with Crippen LogP contribution in [0.3, 0.4) is 0 Å². The highest BCUT2D eigenvalue weighted by molar-refractivity contribution is 5.76. The van der Waals surface area contributed by atoms with E-state index in [0.717, 1.165) is 37.1 Å². The van der Waals surface area contributed by atoms with Crippen LogP contribution in [0, 0.1) is 0 Å². The van der Waals surface area contributed by atoms with Gasteiger partial charge in [-0.05, 0) is 25.0 Å². The molecule has 0 aliphatic rings. The number of nitrogens with zero attached hydrogens (tertiary/aromatic N) is 3. The molecule has 0 saturated heterocycles. The summed E-state index contributed by atoms with van der Waals surface area (Å²) in [6.45, 7) is 3.02. The Morgan fingerprint density at radius 3 is 2.75 bits per heavy atom. The topological polar surface area (TPSA) is 38.1 Å². The predicted octanol–water partition coefficient (Wildman–Crippen LogP) is 2.86. The Hall–Kier alpha value is -1.84. The number of para-hydroxylation sites is 2. The first-order valence-electron chi connectivity index (χ1n) is 7.27. The maximum atomic E-state index is 11.6. The van der Waals surface area contributed by atoms with E-state index in [1.54, 1.807) is 19.0 Å². The van der Waals surface area contributed by atoms with Crippen LogP contribution in [-0.4, -0.2) is 34.5 Å². The lowest BCUT2D eigenvalue weighted by atomic mass is 10.2. The third-order valence-electron chi connectivity index (χ3n) is 3.48. The van der Waals surface area contributed by atoms with Gasteiger partial charge in [-0.15, -0.1) is 0 Å². The fourth-order valence-electron chi connectivity index (χ4n) is 2.40. The van der Waals surface area contributed by atoms with Gasteiger partial charge in [0.1, 0.15) is 5.82 Å². The quantitative estimate of drug-likeness (QED) is 0.811. The van der Waals surface area contributed by atoms with Crippen molar-refractivity contribution in [3.8, 4) is 0 Å². The molecule has 0 aliphatic carbocycles. The monoisotopic (exact) mass is 273 g/mol. The highest BCUT2D eigenvalue weighted by atomic mass is 16.2. The van der Waals surface area contributed by atoms with Crippen molar-refractivity contribution in [2.45, 2.75) is 39.2 Å². The normalized spacial score (nSPS) is 10.9. The summed E-state index contributed by atoms with van der Waals surface area (Å²) in [5.41, 5.74) is 2.23. The zero-order valence-electron chi connectivity index (χ0n) is 12.6. The molecule has 1 aromatic heterocycles. The van der Waals surface area contributed by atoms with Crippen LogP contribution in [0.15, 0.2) is 24.3 Å². The Morgan fingerprint density at radius 1 is 1.30 bits per heavy atom. The molecule has 0 N–H and O–H groups in total. The highest BCUT2D eigenvalue weighted by Crippen LogP contribution is 2.18. The van der Waals surface area contributed by atoms with Gasteiger partial charge in [-0.3, -0.25) is 4.79 Å². The molecular formula is C16H23N3O. The number of fused-ring (bicyclic) bond motifs is 1. The summed E-state index contributed by atoms with van der Waals surface area (Å²) in [6.07, 6.45) is 3.51. The molecule has 1 heterocycles. The zero-order valence-corrected chi connectivity index (χ0v) is 12.6. The van der Waals surface area contributed by atoms with Crippen LogP contribution in [0.4, 0.5) is 0 Å². The Labute approximate surface area is 120 Å². The fraction of sp³-hybridized carbons (Fsp3) is 0.500. The molecule has 0 saturated carbocycles. The van der Waals surface area contributed by atoms with E-state index < -0.39 is 0 Å². The summed E-state index contributed by atoms with van der Waals surface area (Å²) < 4.78 is 2.27. The zero-order chi connectivity index (χ0) is 14.5. The van der Waals surface area contributed by atoms with E-state index in [0.29, 0.717) is 6.42 Å². The molecule has 108 valence electrons. The molecule has 1 amide bonds. The Kier molecular flexibility index (Phi) is 4.77. The fourth-order valence-corrected chi connectivity index (χ4v) is 2.40.